The van der Waals surface area contributed by atoms with Gasteiger partial charge in [0.15, 0.2) is 0 Å². The minimum absolute atomic E-state index is 0.463. The Kier molecular flexibility index (Phi) is 6.98. The zero-order valence-corrected chi connectivity index (χ0v) is 19.9. The van der Waals surface area contributed by atoms with E-state index in [1.54, 1.807) is 5.57 Å². The van der Waals surface area contributed by atoms with E-state index in [1.807, 2.05) is 0 Å². The van der Waals surface area contributed by atoms with Crippen LogP contribution in [0.2, 0.25) is 0 Å². The highest BCUT2D eigenvalue weighted by Gasteiger charge is 2.58. The predicted molar refractivity (Wildman–Crippen MR) is 119 cm³/mol. The average molecular weight is 476 g/mol. The summed E-state index contributed by atoms with van der Waals surface area (Å²) in [6.07, 6.45) is 15.1. The Hall–Kier alpha value is 0.860. The Bertz CT molecular complexity index is 492. The van der Waals surface area contributed by atoms with Crippen LogP contribution in [0, 0.1) is 34.5 Å². The highest BCUT2D eigenvalue weighted by Crippen LogP contribution is 2.66. The lowest BCUT2D eigenvalue weighted by molar-refractivity contribution is -0.112. The number of hydrogen-bond acceptors (Lipinski definition) is 1. The van der Waals surface area contributed by atoms with Crippen molar-refractivity contribution in [2.24, 2.45) is 34.5 Å². The molecule has 25 heavy (non-hydrogen) atoms. The molecule has 3 fully saturated rings. The van der Waals surface area contributed by atoms with Crippen LogP contribution >= 0.6 is 28.5 Å². The van der Waals surface area contributed by atoms with Crippen LogP contribution in [0.5, 0.6) is 0 Å². The van der Waals surface area contributed by atoms with Gasteiger partial charge in [-0.3, -0.25) is 0 Å². The zero-order valence-electron chi connectivity index (χ0n) is 16.7. The lowest BCUT2D eigenvalue weighted by atomic mass is 9.46. The van der Waals surface area contributed by atoms with Crippen molar-refractivity contribution in [3.63, 3.8) is 0 Å². The van der Waals surface area contributed by atoms with E-state index in [-0.39, 0.29) is 0 Å². The Morgan fingerprint density at radius 1 is 1.20 bits per heavy atom. The molecular weight excluding hydrogens is 438 g/mol. The fourth-order valence-corrected chi connectivity index (χ4v) is 8.42. The van der Waals surface area contributed by atoms with Gasteiger partial charge in [-0.05, 0) is 108 Å². The van der Waals surface area contributed by atoms with Crippen molar-refractivity contribution in [1.29, 1.82) is 0 Å². The molecule has 0 radical (unpaired) electrons. The standard InChI is InChI=1S/C22H38IOP/c1-5-13-22(15-24-25-23)17(7-3)8-10-18-19-11-9-16(6-2)21(19,4)14-12-20(18)22/h6,17-20,25H,5,7-15H2,1-4H3/b16-6-. The lowest BCUT2D eigenvalue weighted by Gasteiger charge is -2.59. The van der Waals surface area contributed by atoms with Crippen LogP contribution in [0.25, 0.3) is 0 Å². The van der Waals surface area contributed by atoms with Crippen LogP contribution in [0.15, 0.2) is 11.6 Å². The normalized spacial score (nSPS) is 45.9. The van der Waals surface area contributed by atoms with E-state index in [1.165, 1.54) is 57.8 Å². The summed E-state index contributed by atoms with van der Waals surface area (Å²) in [7, 11) is 0. The number of allylic oxidation sites excluding steroid dienone is 2. The van der Waals surface area contributed by atoms with Crippen molar-refractivity contribution in [3.8, 4) is 0 Å². The number of rotatable bonds is 6. The largest absolute Gasteiger partial charge is 0.351 e. The van der Waals surface area contributed by atoms with Crippen LogP contribution in [0.1, 0.15) is 85.5 Å². The lowest BCUT2D eigenvalue weighted by Crippen LogP contribution is -2.54. The van der Waals surface area contributed by atoms with E-state index in [2.05, 4.69) is 55.8 Å². The molecule has 0 heterocycles. The van der Waals surface area contributed by atoms with Gasteiger partial charge < -0.3 is 4.52 Å². The molecule has 7 unspecified atom stereocenters. The SMILES string of the molecule is C/C=C1/CCC2C3CCC(CC)C(CCC)(COPI)C3CCC12C. The van der Waals surface area contributed by atoms with Crippen molar-refractivity contribution in [1.82, 2.24) is 0 Å². The van der Waals surface area contributed by atoms with Crippen molar-refractivity contribution >= 4 is 28.5 Å². The summed E-state index contributed by atoms with van der Waals surface area (Å²) in [6.45, 7) is 11.3. The molecule has 0 aromatic rings. The van der Waals surface area contributed by atoms with Crippen LogP contribution in [0.3, 0.4) is 0 Å². The number of halogens is 1. The molecule has 0 spiro atoms. The molecule has 1 nitrogen and oxygen atoms in total. The van der Waals surface area contributed by atoms with E-state index in [9.17, 15) is 0 Å². The van der Waals surface area contributed by atoms with E-state index in [4.69, 9.17) is 4.52 Å². The van der Waals surface area contributed by atoms with Gasteiger partial charge in [0.05, 0.1) is 13.1 Å². The average Bonchev–Trinajstić information content (AvgIpc) is 2.96. The van der Waals surface area contributed by atoms with Crippen molar-refractivity contribution in [2.45, 2.75) is 85.5 Å². The Morgan fingerprint density at radius 3 is 2.64 bits per heavy atom. The Labute approximate surface area is 170 Å². The molecular formula is C22H38IOP. The third-order valence-electron chi connectivity index (χ3n) is 8.64. The van der Waals surface area contributed by atoms with Crippen molar-refractivity contribution in [3.05, 3.63) is 11.6 Å². The van der Waals surface area contributed by atoms with E-state index in [0.29, 0.717) is 17.3 Å². The molecule has 0 bridgehead atoms. The minimum atomic E-state index is 0.463. The maximum Gasteiger partial charge on any atom is 0.0793 e. The fraction of sp³-hybridized carbons (Fsp3) is 0.909. The maximum atomic E-state index is 6.19. The van der Waals surface area contributed by atoms with Gasteiger partial charge in [0.25, 0.3) is 0 Å². The van der Waals surface area contributed by atoms with Crippen molar-refractivity contribution < 1.29 is 4.52 Å². The molecule has 0 N–H and O–H groups in total. The van der Waals surface area contributed by atoms with Gasteiger partial charge >= 0.3 is 0 Å². The molecule has 3 heteroatoms. The first-order chi connectivity index (χ1) is 12.1. The zero-order chi connectivity index (χ0) is 18.1. The summed E-state index contributed by atoms with van der Waals surface area (Å²) in [4.78, 5) is 0. The highest BCUT2D eigenvalue weighted by atomic mass is 127. The molecule has 3 rings (SSSR count). The van der Waals surface area contributed by atoms with Crippen LogP contribution < -0.4 is 0 Å². The first-order valence-electron chi connectivity index (χ1n) is 10.7. The van der Waals surface area contributed by atoms with E-state index >= 15 is 0 Å². The molecule has 0 aromatic heterocycles. The predicted octanol–water partition coefficient (Wildman–Crippen LogP) is 7.94. The quantitative estimate of drug-likeness (QED) is 0.215. The number of fused-ring (bicyclic) bond motifs is 3. The first-order valence-corrected chi connectivity index (χ1v) is 14.7. The van der Waals surface area contributed by atoms with E-state index < -0.39 is 0 Å². The second kappa shape index (κ2) is 8.48. The van der Waals surface area contributed by atoms with Crippen LogP contribution in [-0.4, -0.2) is 6.61 Å². The molecule has 0 amide bonds. The Morgan fingerprint density at radius 2 is 2.00 bits per heavy atom. The third kappa shape index (κ3) is 3.39. The van der Waals surface area contributed by atoms with Gasteiger partial charge in [-0.25, -0.2) is 0 Å². The van der Waals surface area contributed by atoms with Gasteiger partial charge in [-0.15, -0.1) is 0 Å². The maximum absolute atomic E-state index is 6.19. The Balaban J connectivity index is 1.94. The van der Waals surface area contributed by atoms with E-state index in [0.717, 1.165) is 30.3 Å². The van der Waals surface area contributed by atoms with Crippen molar-refractivity contribution in [2.75, 3.05) is 6.61 Å². The summed E-state index contributed by atoms with van der Waals surface area (Å²) in [5.41, 5.74) is 2.75. The molecule has 0 saturated heterocycles. The molecule has 0 aliphatic heterocycles. The molecule has 144 valence electrons. The summed E-state index contributed by atoms with van der Waals surface area (Å²) in [5.74, 6) is 3.68. The van der Waals surface area contributed by atoms with Gasteiger partial charge in [-0.1, -0.05) is 45.3 Å². The second-order valence-electron chi connectivity index (χ2n) is 9.22. The second-order valence-corrected chi connectivity index (χ2v) is 11.0. The summed E-state index contributed by atoms with van der Waals surface area (Å²) >= 11 is 2.42. The summed E-state index contributed by atoms with van der Waals surface area (Å²) < 4.78 is 6.19. The third-order valence-corrected chi connectivity index (χ3v) is 9.82. The summed E-state index contributed by atoms with van der Waals surface area (Å²) in [5, 5.41) is 0. The van der Waals surface area contributed by atoms with Gasteiger partial charge in [0, 0.05) is 0 Å². The monoisotopic (exact) mass is 476 g/mol. The van der Waals surface area contributed by atoms with Crippen LogP contribution in [-0.2, 0) is 4.52 Å². The fourth-order valence-electron chi connectivity index (χ4n) is 7.63. The van der Waals surface area contributed by atoms with Gasteiger partial charge in [0.1, 0.15) is 0 Å². The highest BCUT2D eigenvalue weighted by molar-refractivity contribution is 14.2. The molecule has 3 saturated carbocycles. The van der Waals surface area contributed by atoms with Gasteiger partial charge in [-0.2, -0.15) is 0 Å². The molecule has 7 atom stereocenters. The number of hydrogen-bond donors (Lipinski definition) is 0. The summed E-state index contributed by atoms with van der Waals surface area (Å²) in [6, 6.07) is 0. The topological polar surface area (TPSA) is 9.23 Å². The smallest absolute Gasteiger partial charge is 0.0793 e. The van der Waals surface area contributed by atoms with Crippen LogP contribution in [0.4, 0.5) is 0 Å². The molecule has 3 aliphatic rings. The molecule has 3 aliphatic carbocycles. The minimum Gasteiger partial charge on any atom is -0.351 e. The first kappa shape index (κ1) is 20.6. The van der Waals surface area contributed by atoms with Gasteiger partial charge in [0.2, 0.25) is 0 Å². The molecule has 0 aromatic carbocycles.